The molecule has 0 radical (unpaired) electrons. The minimum atomic E-state index is -1.95. The molecule has 22 heavy (non-hydrogen) atoms. The Bertz CT molecular complexity index is 498. The van der Waals surface area contributed by atoms with Crippen molar-refractivity contribution in [2.45, 2.75) is 70.5 Å². The van der Waals surface area contributed by atoms with Crippen LogP contribution < -0.4 is 0 Å². The highest BCUT2D eigenvalue weighted by atomic mass is 28.4. The van der Waals surface area contributed by atoms with Crippen LogP contribution in [0.3, 0.4) is 0 Å². The molecule has 3 nitrogen and oxygen atoms in total. The van der Waals surface area contributed by atoms with Gasteiger partial charge in [-0.25, -0.2) is 0 Å². The van der Waals surface area contributed by atoms with E-state index in [2.05, 4.69) is 65.1 Å². The summed E-state index contributed by atoms with van der Waals surface area (Å²) in [7, 11) is 0.0730. The van der Waals surface area contributed by atoms with E-state index >= 15 is 0 Å². The second-order valence-corrected chi connectivity index (χ2v) is 12.6. The molecular formula is C18H31NO2Si. The maximum Gasteiger partial charge on any atom is 0.206 e. The van der Waals surface area contributed by atoms with E-state index in [1.54, 1.807) is 0 Å². The van der Waals surface area contributed by atoms with Gasteiger partial charge >= 0.3 is 0 Å². The summed E-state index contributed by atoms with van der Waals surface area (Å²) in [4.78, 5) is 6.32. The van der Waals surface area contributed by atoms with Crippen LogP contribution in [0, 0.1) is 0 Å². The van der Waals surface area contributed by atoms with Gasteiger partial charge in [0.05, 0.1) is 0 Å². The second-order valence-electron chi connectivity index (χ2n) is 7.88. The third-order valence-corrected chi connectivity index (χ3v) is 9.67. The lowest BCUT2D eigenvalue weighted by molar-refractivity contribution is -0.276. The topological polar surface area (TPSA) is 21.7 Å². The van der Waals surface area contributed by atoms with Gasteiger partial charge in [-0.3, -0.25) is 4.84 Å². The molecular weight excluding hydrogens is 290 g/mol. The Hall–Kier alpha value is -0.683. The maximum absolute atomic E-state index is 6.81. The Kier molecular flexibility index (Phi) is 4.88. The molecule has 0 amide bonds. The van der Waals surface area contributed by atoms with Gasteiger partial charge < -0.3 is 4.43 Å². The number of nitrogens with zero attached hydrogens (tertiary/aromatic N) is 1. The summed E-state index contributed by atoms with van der Waals surface area (Å²) in [5, 5.41) is 2.14. The van der Waals surface area contributed by atoms with Gasteiger partial charge in [0.2, 0.25) is 5.79 Å². The molecule has 0 bridgehead atoms. The molecule has 124 valence electrons. The molecule has 1 aromatic rings. The molecule has 1 aliphatic rings. The van der Waals surface area contributed by atoms with E-state index in [0.29, 0.717) is 6.04 Å². The largest absolute Gasteiger partial charge is 0.385 e. The molecule has 4 heteroatoms. The molecule has 0 aliphatic carbocycles. The van der Waals surface area contributed by atoms with E-state index in [9.17, 15) is 0 Å². The molecule has 0 aromatic heterocycles. The van der Waals surface area contributed by atoms with Crippen LogP contribution >= 0.6 is 0 Å². The quantitative estimate of drug-likeness (QED) is 0.736. The van der Waals surface area contributed by atoms with Gasteiger partial charge in [-0.2, -0.15) is 5.06 Å². The van der Waals surface area contributed by atoms with Crippen LogP contribution in [-0.4, -0.2) is 26.5 Å². The van der Waals surface area contributed by atoms with Crippen molar-refractivity contribution in [1.82, 2.24) is 5.06 Å². The highest BCUT2D eigenvalue weighted by Gasteiger charge is 2.52. The Morgan fingerprint density at radius 2 is 1.86 bits per heavy atom. The van der Waals surface area contributed by atoms with Crippen LogP contribution in [0.5, 0.6) is 0 Å². The summed E-state index contributed by atoms with van der Waals surface area (Å²) in [6.45, 7) is 13.6. The number of hydrogen-bond acceptors (Lipinski definition) is 3. The van der Waals surface area contributed by atoms with E-state index in [1.807, 2.05) is 18.2 Å². The van der Waals surface area contributed by atoms with Crippen LogP contribution in [-0.2, 0) is 15.1 Å². The summed E-state index contributed by atoms with van der Waals surface area (Å²) in [5.74, 6) is -0.639. The molecule has 0 unspecified atom stereocenters. The summed E-state index contributed by atoms with van der Waals surface area (Å²) in [6.07, 6.45) is 1.95. The molecule has 1 aromatic carbocycles. The highest BCUT2D eigenvalue weighted by Crippen LogP contribution is 2.47. The van der Waals surface area contributed by atoms with Crippen molar-refractivity contribution in [2.24, 2.45) is 0 Å². The maximum atomic E-state index is 6.81. The first-order chi connectivity index (χ1) is 10.1. The molecule has 0 N–H and O–H groups in total. The van der Waals surface area contributed by atoms with Gasteiger partial charge in [0.1, 0.15) is 0 Å². The van der Waals surface area contributed by atoms with Gasteiger partial charge in [-0.05, 0) is 24.6 Å². The zero-order chi connectivity index (χ0) is 16.6. The smallest absolute Gasteiger partial charge is 0.206 e. The summed E-state index contributed by atoms with van der Waals surface area (Å²) in [5.41, 5.74) is 1.13. The summed E-state index contributed by atoms with van der Waals surface area (Å²) < 4.78 is 6.81. The number of benzene rings is 1. The molecule has 1 fully saturated rings. The lowest BCUT2D eigenvalue weighted by atomic mass is 9.98. The molecule has 1 saturated heterocycles. The van der Waals surface area contributed by atoms with Gasteiger partial charge in [0.25, 0.3) is 0 Å². The van der Waals surface area contributed by atoms with E-state index in [-0.39, 0.29) is 5.04 Å². The fraction of sp³-hybridized carbons (Fsp3) is 0.667. The van der Waals surface area contributed by atoms with E-state index in [1.165, 1.54) is 0 Å². The van der Waals surface area contributed by atoms with E-state index in [4.69, 9.17) is 9.26 Å². The fourth-order valence-corrected chi connectivity index (χ4v) is 4.10. The molecule has 0 saturated carbocycles. The summed E-state index contributed by atoms with van der Waals surface area (Å²) >= 11 is 0. The Morgan fingerprint density at radius 3 is 2.32 bits per heavy atom. The Morgan fingerprint density at radius 1 is 1.27 bits per heavy atom. The molecule has 2 rings (SSSR count). The lowest BCUT2D eigenvalue weighted by Gasteiger charge is -2.43. The van der Waals surface area contributed by atoms with Crippen molar-refractivity contribution >= 4 is 8.32 Å². The monoisotopic (exact) mass is 321 g/mol. The van der Waals surface area contributed by atoms with Crippen molar-refractivity contribution in [3.63, 3.8) is 0 Å². The van der Waals surface area contributed by atoms with Gasteiger partial charge in [0, 0.05) is 25.1 Å². The van der Waals surface area contributed by atoms with Crippen LogP contribution in [0.2, 0.25) is 18.1 Å². The van der Waals surface area contributed by atoms with Crippen molar-refractivity contribution in [3.8, 4) is 0 Å². The van der Waals surface area contributed by atoms with Crippen LogP contribution in [0.1, 0.15) is 46.1 Å². The molecule has 2 atom stereocenters. The van der Waals surface area contributed by atoms with E-state index < -0.39 is 14.1 Å². The number of rotatable bonds is 4. The Balaban J connectivity index is 2.41. The van der Waals surface area contributed by atoms with Crippen molar-refractivity contribution in [3.05, 3.63) is 35.9 Å². The standard InChI is InChI=1S/C18H31NO2Si/c1-8-16-14-18(20-19(16)5,15-12-10-9-11-13-15)21-22(6,7)17(2,3)4/h9-13,16H,8,14H2,1-7H3/t16-,18-/m0/s1. The third kappa shape index (κ3) is 3.30. The minimum absolute atomic E-state index is 0.154. The lowest BCUT2D eigenvalue weighted by Crippen LogP contribution is -2.48. The normalized spacial score (nSPS) is 27.3. The number of hydrogen-bond donors (Lipinski definition) is 0. The van der Waals surface area contributed by atoms with E-state index in [0.717, 1.165) is 18.4 Å². The van der Waals surface area contributed by atoms with Crippen LogP contribution in [0.15, 0.2) is 30.3 Å². The third-order valence-electron chi connectivity index (χ3n) is 5.22. The molecule has 1 aliphatic heterocycles. The zero-order valence-electron chi connectivity index (χ0n) is 15.1. The fourth-order valence-electron chi connectivity index (χ4n) is 2.73. The number of hydroxylamine groups is 2. The van der Waals surface area contributed by atoms with Crippen molar-refractivity contribution < 1.29 is 9.26 Å². The first-order valence-corrected chi connectivity index (χ1v) is 11.2. The molecule has 0 spiro atoms. The summed E-state index contributed by atoms with van der Waals surface area (Å²) in [6, 6.07) is 10.8. The van der Waals surface area contributed by atoms with Crippen molar-refractivity contribution in [2.75, 3.05) is 7.05 Å². The first-order valence-electron chi connectivity index (χ1n) is 8.29. The Labute approximate surface area is 136 Å². The zero-order valence-corrected chi connectivity index (χ0v) is 16.1. The van der Waals surface area contributed by atoms with Gasteiger partial charge in [-0.1, -0.05) is 58.0 Å². The highest BCUT2D eigenvalue weighted by molar-refractivity contribution is 6.74. The molecule has 1 heterocycles. The SMILES string of the molecule is CC[C@H]1C[C@](O[Si](C)(C)C(C)(C)C)(c2ccccc2)ON1C. The van der Waals surface area contributed by atoms with Crippen LogP contribution in [0.4, 0.5) is 0 Å². The minimum Gasteiger partial charge on any atom is -0.385 e. The predicted molar refractivity (Wildman–Crippen MR) is 93.9 cm³/mol. The second kappa shape index (κ2) is 6.08. The first kappa shape index (κ1) is 17.7. The predicted octanol–water partition coefficient (Wildman–Crippen LogP) is 4.91. The van der Waals surface area contributed by atoms with Gasteiger partial charge in [-0.15, -0.1) is 0 Å². The average Bonchev–Trinajstić information content (AvgIpc) is 2.75. The van der Waals surface area contributed by atoms with Crippen molar-refractivity contribution in [1.29, 1.82) is 0 Å². The van der Waals surface area contributed by atoms with Gasteiger partial charge in [0.15, 0.2) is 8.32 Å². The average molecular weight is 322 g/mol. The van der Waals surface area contributed by atoms with Crippen LogP contribution in [0.25, 0.3) is 0 Å².